The lowest BCUT2D eigenvalue weighted by Crippen LogP contribution is -2.31. The van der Waals surface area contributed by atoms with Crippen molar-refractivity contribution in [3.05, 3.63) is 59.9 Å². The smallest absolute Gasteiger partial charge is 0.223 e. The van der Waals surface area contributed by atoms with Crippen molar-refractivity contribution in [3.8, 4) is 5.75 Å². The van der Waals surface area contributed by atoms with Gasteiger partial charge in [-0.15, -0.1) is 0 Å². The van der Waals surface area contributed by atoms with Gasteiger partial charge in [-0.25, -0.2) is 4.98 Å². The first-order valence-corrected chi connectivity index (χ1v) is 9.12. The van der Waals surface area contributed by atoms with E-state index in [1.807, 2.05) is 53.4 Å². The van der Waals surface area contributed by atoms with Crippen molar-refractivity contribution in [2.45, 2.75) is 31.7 Å². The molecule has 0 radical (unpaired) electrons. The zero-order valence-electron chi connectivity index (χ0n) is 14.9. The molecule has 1 aliphatic heterocycles. The van der Waals surface area contributed by atoms with Gasteiger partial charge in [0.25, 0.3) is 0 Å². The highest BCUT2D eigenvalue weighted by Crippen LogP contribution is 2.32. The van der Waals surface area contributed by atoms with Crippen LogP contribution in [0.15, 0.2) is 48.5 Å². The quantitative estimate of drug-likeness (QED) is 0.761. The van der Waals surface area contributed by atoms with Gasteiger partial charge in [0.2, 0.25) is 5.91 Å². The molecule has 1 unspecified atom stereocenters. The third-order valence-corrected chi connectivity index (χ3v) is 5.10. The molecule has 0 saturated carbocycles. The van der Waals surface area contributed by atoms with Gasteiger partial charge in [-0.1, -0.05) is 30.3 Å². The summed E-state index contributed by atoms with van der Waals surface area (Å²) in [5.74, 6) is 1.92. The van der Waals surface area contributed by atoms with Crippen LogP contribution in [0.2, 0.25) is 0 Å². The second kappa shape index (κ2) is 7.20. The van der Waals surface area contributed by atoms with Crippen LogP contribution in [0, 0.1) is 0 Å². The Hall–Kier alpha value is -2.82. The predicted octanol–water partition coefficient (Wildman–Crippen LogP) is 3.87. The number of benzene rings is 2. The van der Waals surface area contributed by atoms with Crippen molar-refractivity contribution in [2.75, 3.05) is 13.7 Å². The average molecular weight is 349 g/mol. The Bertz CT molecular complexity index is 885. The summed E-state index contributed by atoms with van der Waals surface area (Å²) < 4.78 is 5.39. The van der Waals surface area contributed by atoms with Crippen molar-refractivity contribution < 1.29 is 9.53 Å². The molecule has 5 nitrogen and oxygen atoms in total. The van der Waals surface area contributed by atoms with Crippen molar-refractivity contribution in [3.63, 3.8) is 0 Å². The molecule has 1 aromatic heterocycles. The summed E-state index contributed by atoms with van der Waals surface area (Å²) in [5, 5.41) is 0. The number of hydrogen-bond acceptors (Lipinski definition) is 3. The second-order valence-corrected chi connectivity index (χ2v) is 6.70. The van der Waals surface area contributed by atoms with Crippen LogP contribution in [0.25, 0.3) is 11.0 Å². The number of rotatable bonds is 5. The molecule has 2 aromatic carbocycles. The molecule has 1 amide bonds. The van der Waals surface area contributed by atoms with E-state index in [4.69, 9.17) is 9.72 Å². The van der Waals surface area contributed by atoms with Gasteiger partial charge in [0, 0.05) is 13.0 Å². The largest absolute Gasteiger partial charge is 0.496 e. The van der Waals surface area contributed by atoms with Gasteiger partial charge in [0.15, 0.2) is 0 Å². The molecule has 2 heterocycles. The number of fused-ring (bicyclic) bond motifs is 1. The highest BCUT2D eigenvalue weighted by molar-refractivity contribution is 5.78. The number of nitrogens with zero attached hydrogens (tertiary/aromatic N) is 2. The zero-order chi connectivity index (χ0) is 17.9. The van der Waals surface area contributed by atoms with E-state index in [0.29, 0.717) is 12.8 Å². The number of imidazole rings is 1. The predicted molar refractivity (Wildman–Crippen MR) is 101 cm³/mol. The number of para-hydroxylation sites is 3. The zero-order valence-corrected chi connectivity index (χ0v) is 14.9. The van der Waals surface area contributed by atoms with Crippen molar-refractivity contribution in [2.24, 2.45) is 0 Å². The number of H-pyrrole nitrogens is 1. The highest BCUT2D eigenvalue weighted by atomic mass is 16.5. The summed E-state index contributed by atoms with van der Waals surface area (Å²) in [6, 6.07) is 15.9. The fourth-order valence-corrected chi connectivity index (χ4v) is 3.77. The van der Waals surface area contributed by atoms with E-state index in [9.17, 15) is 4.79 Å². The Morgan fingerprint density at radius 2 is 2.04 bits per heavy atom. The molecule has 0 bridgehead atoms. The summed E-state index contributed by atoms with van der Waals surface area (Å²) in [6.45, 7) is 0.798. The number of likely N-dealkylation sites (tertiary alicyclic amines) is 1. The van der Waals surface area contributed by atoms with Crippen LogP contribution in [-0.4, -0.2) is 34.4 Å². The van der Waals surface area contributed by atoms with Crippen molar-refractivity contribution >= 4 is 16.9 Å². The number of methoxy groups -OCH3 is 1. The van der Waals surface area contributed by atoms with Crippen LogP contribution in [0.3, 0.4) is 0 Å². The summed E-state index contributed by atoms with van der Waals surface area (Å²) in [5.41, 5.74) is 3.05. The molecule has 4 rings (SSSR count). The van der Waals surface area contributed by atoms with Crippen LogP contribution < -0.4 is 4.74 Å². The number of carbonyl (C=O) groups excluding carboxylic acids is 1. The monoisotopic (exact) mass is 349 g/mol. The van der Waals surface area contributed by atoms with Crippen LogP contribution in [-0.2, 0) is 11.2 Å². The van der Waals surface area contributed by atoms with Crippen molar-refractivity contribution in [1.29, 1.82) is 0 Å². The molecule has 0 spiro atoms. The van der Waals surface area contributed by atoms with Crippen LogP contribution in [0.1, 0.15) is 36.7 Å². The molecule has 1 atom stereocenters. The molecule has 1 N–H and O–H groups in total. The Balaban J connectivity index is 1.48. The fraction of sp³-hybridized carbons (Fsp3) is 0.333. The van der Waals surface area contributed by atoms with E-state index in [1.165, 1.54) is 0 Å². The van der Waals surface area contributed by atoms with Crippen LogP contribution in [0.5, 0.6) is 5.75 Å². The summed E-state index contributed by atoms with van der Waals surface area (Å²) in [6.07, 6.45) is 3.14. The summed E-state index contributed by atoms with van der Waals surface area (Å²) in [4.78, 5) is 22.9. The molecule has 26 heavy (non-hydrogen) atoms. The molecular weight excluding hydrogens is 326 g/mol. The molecular formula is C21H23N3O2. The van der Waals surface area contributed by atoms with E-state index < -0.39 is 0 Å². The fourth-order valence-electron chi connectivity index (χ4n) is 3.77. The maximum atomic E-state index is 12.9. The third kappa shape index (κ3) is 3.17. The number of nitrogens with one attached hydrogen (secondary N) is 1. The number of carbonyl (C=O) groups is 1. The molecule has 5 heteroatoms. The molecule has 134 valence electrons. The highest BCUT2D eigenvalue weighted by Gasteiger charge is 2.31. The first-order valence-electron chi connectivity index (χ1n) is 9.12. The normalized spacial score (nSPS) is 17.0. The Labute approximate surface area is 153 Å². The average Bonchev–Trinajstić information content (AvgIpc) is 3.32. The third-order valence-electron chi connectivity index (χ3n) is 5.10. The van der Waals surface area contributed by atoms with Gasteiger partial charge in [-0.2, -0.15) is 0 Å². The molecule has 3 aromatic rings. The van der Waals surface area contributed by atoms with Gasteiger partial charge in [0.1, 0.15) is 11.6 Å². The second-order valence-electron chi connectivity index (χ2n) is 6.70. The van der Waals surface area contributed by atoms with E-state index in [-0.39, 0.29) is 11.9 Å². The van der Waals surface area contributed by atoms with Gasteiger partial charge in [-0.3, -0.25) is 4.79 Å². The van der Waals surface area contributed by atoms with Crippen LogP contribution >= 0.6 is 0 Å². The number of aromatic amines is 1. The standard InChI is InChI=1S/C21H23N3O2/c1-26-19-11-5-2-7-15(19)12-13-20(25)24-14-6-10-18(24)21-22-16-8-3-4-9-17(16)23-21/h2-5,7-9,11,18H,6,10,12-14H2,1H3,(H,22,23). The van der Waals surface area contributed by atoms with Gasteiger partial charge in [-0.05, 0) is 43.0 Å². The molecule has 1 fully saturated rings. The minimum atomic E-state index is 0.0487. The lowest BCUT2D eigenvalue weighted by atomic mass is 10.1. The number of ether oxygens (including phenoxy) is 1. The van der Waals surface area contributed by atoms with Crippen molar-refractivity contribution in [1.82, 2.24) is 14.9 Å². The Morgan fingerprint density at radius 1 is 1.23 bits per heavy atom. The van der Waals surface area contributed by atoms with Gasteiger partial charge >= 0.3 is 0 Å². The summed E-state index contributed by atoms with van der Waals surface area (Å²) in [7, 11) is 1.67. The van der Waals surface area contributed by atoms with E-state index in [1.54, 1.807) is 7.11 Å². The SMILES string of the molecule is COc1ccccc1CCC(=O)N1CCCC1c1nc2ccccc2[nH]1. The maximum absolute atomic E-state index is 12.9. The molecule has 1 saturated heterocycles. The lowest BCUT2D eigenvalue weighted by molar-refractivity contribution is -0.132. The molecule has 0 aliphatic carbocycles. The number of aryl methyl sites for hydroxylation is 1. The minimum Gasteiger partial charge on any atom is -0.496 e. The van der Waals surface area contributed by atoms with E-state index in [0.717, 1.165) is 47.6 Å². The number of aromatic nitrogens is 2. The van der Waals surface area contributed by atoms with E-state index >= 15 is 0 Å². The Morgan fingerprint density at radius 3 is 2.88 bits per heavy atom. The van der Waals surface area contributed by atoms with E-state index in [2.05, 4.69) is 4.98 Å². The maximum Gasteiger partial charge on any atom is 0.223 e. The topological polar surface area (TPSA) is 58.2 Å². The first-order chi connectivity index (χ1) is 12.8. The first kappa shape index (κ1) is 16.6. The van der Waals surface area contributed by atoms with Gasteiger partial charge in [0.05, 0.1) is 24.2 Å². The lowest BCUT2D eigenvalue weighted by Gasteiger charge is -2.23. The molecule has 1 aliphatic rings. The number of amides is 1. The minimum absolute atomic E-state index is 0.0487. The summed E-state index contributed by atoms with van der Waals surface area (Å²) >= 11 is 0. The van der Waals surface area contributed by atoms with Crippen LogP contribution in [0.4, 0.5) is 0 Å². The van der Waals surface area contributed by atoms with Gasteiger partial charge < -0.3 is 14.6 Å². The Kier molecular flexibility index (Phi) is 4.61. The number of hydrogen-bond donors (Lipinski definition) is 1.